The second kappa shape index (κ2) is 11.8. The summed E-state index contributed by atoms with van der Waals surface area (Å²) in [6.07, 6.45) is 5.67. The van der Waals surface area contributed by atoms with E-state index in [2.05, 4.69) is 19.9 Å². The lowest BCUT2D eigenvalue weighted by Crippen LogP contribution is -2.29. The first-order valence-corrected chi connectivity index (χ1v) is 14.7. The Hall–Kier alpha value is -5.10. The van der Waals surface area contributed by atoms with E-state index in [0.29, 0.717) is 41.4 Å². The maximum absolute atomic E-state index is 14.0. The van der Waals surface area contributed by atoms with Gasteiger partial charge in [-0.1, -0.05) is 12.1 Å². The molecule has 232 valence electrons. The van der Waals surface area contributed by atoms with Gasteiger partial charge >= 0.3 is 17.6 Å². The topological polar surface area (TPSA) is 126 Å². The van der Waals surface area contributed by atoms with Crippen molar-refractivity contribution >= 4 is 23.1 Å². The van der Waals surface area contributed by atoms with Crippen LogP contribution in [0.3, 0.4) is 0 Å². The number of ether oxygens (including phenoxy) is 2. The molecule has 12 nitrogen and oxygen atoms in total. The van der Waals surface area contributed by atoms with Crippen LogP contribution in [0, 0.1) is 0 Å². The molecule has 0 aliphatic carbocycles. The smallest absolute Gasteiger partial charge is 0.357 e. The number of nitrogens with zero attached hydrogens (tertiary/aromatic N) is 7. The van der Waals surface area contributed by atoms with Crippen LogP contribution in [-0.2, 0) is 23.1 Å². The molecule has 1 fully saturated rings. The molecule has 0 bridgehead atoms. The van der Waals surface area contributed by atoms with Crippen LogP contribution in [0.5, 0.6) is 0 Å². The Morgan fingerprint density at radius 3 is 2.44 bits per heavy atom. The zero-order valence-electron chi connectivity index (χ0n) is 25.9. The molecule has 1 aliphatic heterocycles. The van der Waals surface area contributed by atoms with Crippen LogP contribution in [-0.4, -0.2) is 71.3 Å². The van der Waals surface area contributed by atoms with Crippen molar-refractivity contribution < 1.29 is 19.1 Å². The maximum Gasteiger partial charge on any atom is 0.357 e. The number of aromatic nitrogens is 6. The summed E-state index contributed by atoms with van der Waals surface area (Å²) in [4.78, 5) is 54.3. The van der Waals surface area contributed by atoms with Gasteiger partial charge < -0.3 is 14.0 Å². The third kappa shape index (κ3) is 5.88. The molecule has 1 aromatic carbocycles. The molecule has 5 heterocycles. The summed E-state index contributed by atoms with van der Waals surface area (Å²) in [5.41, 5.74) is 3.53. The Labute approximate surface area is 259 Å². The lowest BCUT2D eigenvalue weighted by molar-refractivity contribution is 0.00581. The van der Waals surface area contributed by atoms with E-state index < -0.39 is 17.5 Å². The van der Waals surface area contributed by atoms with E-state index in [9.17, 15) is 14.4 Å². The van der Waals surface area contributed by atoms with Crippen LogP contribution in [0.4, 0.5) is 0 Å². The van der Waals surface area contributed by atoms with Crippen molar-refractivity contribution in [3.05, 3.63) is 94.7 Å². The molecule has 1 saturated heterocycles. The van der Waals surface area contributed by atoms with E-state index >= 15 is 0 Å². The standard InChI is InChI=1S/C33H35N7O5/c1-33(2,3)45-31(42)27-18-36-28(37(27)4)20-38-16-14-24(19-38)39-26-7-6-15-34-29(26)40(32(39)43)23-12-13-25(35-17-23)21-8-10-22(11-9-21)30(41)44-5/h6-13,15,17-18,24H,14,16,19-20H2,1-5H3/t24-/m0/s1. The van der Waals surface area contributed by atoms with Crippen molar-refractivity contribution in [2.24, 2.45) is 7.05 Å². The van der Waals surface area contributed by atoms with Gasteiger partial charge in [-0.2, -0.15) is 0 Å². The highest BCUT2D eigenvalue weighted by atomic mass is 16.6. The highest BCUT2D eigenvalue weighted by Crippen LogP contribution is 2.27. The minimum Gasteiger partial charge on any atom is -0.465 e. The van der Waals surface area contributed by atoms with Crippen molar-refractivity contribution in [1.82, 2.24) is 33.6 Å². The quantitative estimate of drug-likeness (QED) is 0.250. The number of hydrogen-bond acceptors (Lipinski definition) is 9. The molecule has 0 spiro atoms. The fraction of sp³-hybridized carbons (Fsp3) is 0.333. The van der Waals surface area contributed by atoms with Gasteiger partial charge in [0, 0.05) is 31.9 Å². The molecular formula is C33H35N7O5. The molecule has 1 aliphatic rings. The Kier molecular flexibility index (Phi) is 7.83. The second-order valence-corrected chi connectivity index (χ2v) is 12.1. The summed E-state index contributed by atoms with van der Waals surface area (Å²) >= 11 is 0. The summed E-state index contributed by atoms with van der Waals surface area (Å²) in [5, 5.41) is 0. The molecule has 6 rings (SSSR count). The molecule has 0 saturated carbocycles. The number of esters is 2. The van der Waals surface area contributed by atoms with Gasteiger partial charge in [-0.25, -0.2) is 28.9 Å². The van der Waals surface area contributed by atoms with Crippen LogP contribution >= 0.6 is 0 Å². The fourth-order valence-electron chi connectivity index (χ4n) is 5.70. The molecule has 0 amide bonds. The number of likely N-dealkylation sites (tertiary alicyclic amines) is 1. The van der Waals surface area contributed by atoms with Gasteiger partial charge in [0.2, 0.25) is 0 Å². The number of carbonyl (C=O) groups excluding carboxylic acids is 2. The predicted molar refractivity (Wildman–Crippen MR) is 167 cm³/mol. The monoisotopic (exact) mass is 609 g/mol. The number of pyridine rings is 2. The first-order valence-electron chi connectivity index (χ1n) is 14.7. The maximum atomic E-state index is 14.0. The fourth-order valence-corrected chi connectivity index (χ4v) is 5.70. The van der Waals surface area contributed by atoms with Gasteiger partial charge in [0.05, 0.1) is 54.6 Å². The summed E-state index contributed by atoms with van der Waals surface area (Å²) in [7, 11) is 3.16. The molecule has 12 heteroatoms. The lowest BCUT2D eigenvalue weighted by atomic mass is 10.1. The van der Waals surface area contributed by atoms with E-state index in [1.54, 1.807) is 39.9 Å². The number of benzene rings is 1. The average Bonchev–Trinajstić information content (AvgIpc) is 3.71. The van der Waals surface area contributed by atoms with E-state index in [0.717, 1.165) is 29.9 Å². The normalized spacial score (nSPS) is 15.4. The third-order valence-electron chi connectivity index (χ3n) is 7.91. The van der Waals surface area contributed by atoms with E-state index in [1.807, 2.05) is 68.8 Å². The van der Waals surface area contributed by atoms with Gasteiger partial charge in [-0.05, 0) is 63.6 Å². The Balaban J connectivity index is 1.23. The summed E-state index contributed by atoms with van der Waals surface area (Å²) in [6, 6.07) is 14.4. The van der Waals surface area contributed by atoms with Crippen molar-refractivity contribution in [1.29, 1.82) is 0 Å². The van der Waals surface area contributed by atoms with Gasteiger partial charge in [0.25, 0.3) is 0 Å². The van der Waals surface area contributed by atoms with Crippen LogP contribution in [0.2, 0.25) is 0 Å². The number of imidazole rings is 2. The van der Waals surface area contributed by atoms with Crippen molar-refractivity contribution in [3.63, 3.8) is 0 Å². The lowest BCUT2D eigenvalue weighted by Gasteiger charge is -2.20. The highest BCUT2D eigenvalue weighted by molar-refractivity contribution is 5.90. The van der Waals surface area contributed by atoms with Crippen LogP contribution in [0.1, 0.15) is 59.9 Å². The number of rotatable bonds is 7. The molecular weight excluding hydrogens is 574 g/mol. The molecule has 0 unspecified atom stereocenters. The minimum absolute atomic E-state index is 0.0726. The molecule has 5 aromatic rings. The Morgan fingerprint density at radius 2 is 1.76 bits per heavy atom. The van der Waals surface area contributed by atoms with Crippen LogP contribution < -0.4 is 5.69 Å². The van der Waals surface area contributed by atoms with Gasteiger partial charge in [-0.15, -0.1) is 0 Å². The SMILES string of the molecule is COC(=O)c1ccc(-c2ccc(-n3c(=O)n([C@H]4CCN(Cc5ncc(C(=O)OC(C)(C)C)n5C)C4)c4cccnc43)cn2)cc1. The van der Waals surface area contributed by atoms with Crippen molar-refractivity contribution in [2.75, 3.05) is 20.2 Å². The summed E-state index contributed by atoms with van der Waals surface area (Å²) in [6.45, 7) is 7.45. The second-order valence-electron chi connectivity index (χ2n) is 12.1. The van der Waals surface area contributed by atoms with E-state index in [-0.39, 0.29) is 11.7 Å². The molecule has 0 N–H and O–H groups in total. The summed E-state index contributed by atoms with van der Waals surface area (Å²) in [5.74, 6) is -0.0598. The van der Waals surface area contributed by atoms with Gasteiger partial charge in [-0.3, -0.25) is 14.5 Å². The van der Waals surface area contributed by atoms with Crippen molar-refractivity contribution in [3.8, 4) is 16.9 Å². The molecule has 4 aromatic heterocycles. The van der Waals surface area contributed by atoms with Crippen LogP contribution in [0.25, 0.3) is 28.1 Å². The minimum atomic E-state index is -0.595. The van der Waals surface area contributed by atoms with E-state index in [1.165, 1.54) is 7.11 Å². The molecule has 0 radical (unpaired) electrons. The predicted octanol–water partition coefficient (Wildman–Crippen LogP) is 4.17. The first-order chi connectivity index (χ1) is 21.5. The number of carbonyl (C=O) groups is 2. The van der Waals surface area contributed by atoms with Gasteiger partial charge in [0.15, 0.2) is 5.65 Å². The highest BCUT2D eigenvalue weighted by Gasteiger charge is 2.30. The van der Waals surface area contributed by atoms with E-state index in [4.69, 9.17) is 9.47 Å². The average molecular weight is 610 g/mol. The van der Waals surface area contributed by atoms with Gasteiger partial charge in [0.1, 0.15) is 17.1 Å². The largest absolute Gasteiger partial charge is 0.465 e. The van der Waals surface area contributed by atoms with Crippen molar-refractivity contribution in [2.45, 2.75) is 45.4 Å². The Morgan fingerprint density at radius 1 is 0.978 bits per heavy atom. The zero-order chi connectivity index (χ0) is 31.9. The molecule has 45 heavy (non-hydrogen) atoms. The number of hydrogen-bond donors (Lipinski definition) is 0. The first kappa shape index (κ1) is 29.9. The summed E-state index contributed by atoms with van der Waals surface area (Å²) < 4.78 is 15.5. The number of methoxy groups -OCH3 is 1. The zero-order valence-corrected chi connectivity index (χ0v) is 25.9. The third-order valence-corrected chi connectivity index (χ3v) is 7.91. The molecule has 1 atom stereocenters. The Bertz CT molecular complexity index is 1930. The van der Waals surface area contributed by atoms with Crippen LogP contribution in [0.15, 0.2) is 71.9 Å². The number of fused-ring (bicyclic) bond motifs is 1.